The van der Waals surface area contributed by atoms with Crippen LogP contribution in [0.5, 0.6) is 0 Å². The topological polar surface area (TPSA) is 66.5 Å². The fraction of sp³-hybridized carbons (Fsp3) is 0.435. The summed E-state index contributed by atoms with van der Waals surface area (Å²) in [6.07, 6.45) is 3.18. The number of nitrogens with one attached hydrogen (secondary N) is 1. The number of hydrogen-bond donors (Lipinski definition) is 1. The average molecular weight is 417 g/mol. The van der Waals surface area contributed by atoms with Crippen LogP contribution in [0, 0.1) is 13.8 Å². The van der Waals surface area contributed by atoms with Crippen LogP contribution in [-0.2, 0) is 21.2 Å². The van der Waals surface area contributed by atoms with Crippen LogP contribution < -0.4 is 9.62 Å². The van der Waals surface area contributed by atoms with Crippen LogP contribution >= 0.6 is 0 Å². The zero-order valence-electron chi connectivity index (χ0n) is 18.0. The second kappa shape index (κ2) is 9.92. The van der Waals surface area contributed by atoms with Gasteiger partial charge in [-0.3, -0.25) is 9.10 Å². The van der Waals surface area contributed by atoms with Crippen molar-refractivity contribution in [3.63, 3.8) is 0 Å². The van der Waals surface area contributed by atoms with E-state index in [1.807, 2.05) is 58.0 Å². The number of rotatable bonds is 9. The Hall–Kier alpha value is -2.34. The van der Waals surface area contributed by atoms with Crippen LogP contribution in [0.25, 0.3) is 0 Å². The van der Waals surface area contributed by atoms with Gasteiger partial charge in [-0.15, -0.1) is 0 Å². The van der Waals surface area contributed by atoms with Gasteiger partial charge in [0.15, 0.2) is 0 Å². The first-order valence-corrected chi connectivity index (χ1v) is 11.9. The lowest BCUT2D eigenvalue weighted by molar-refractivity contribution is -0.122. The number of carbonyl (C=O) groups is 1. The van der Waals surface area contributed by atoms with E-state index >= 15 is 0 Å². The molecule has 1 N–H and O–H groups in total. The van der Waals surface area contributed by atoms with Gasteiger partial charge in [-0.25, -0.2) is 8.42 Å². The van der Waals surface area contributed by atoms with Crippen molar-refractivity contribution in [1.29, 1.82) is 0 Å². The van der Waals surface area contributed by atoms with Gasteiger partial charge in [0.2, 0.25) is 15.9 Å². The smallest absolute Gasteiger partial charge is 0.244 e. The summed E-state index contributed by atoms with van der Waals surface area (Å²) in [6.45, 7) is 7.70. The van der Waals surface area contributed by atoms with Crippen molar-refractivity contribution in [1.82, 2.24) is 5.32 Å². The zero-order valence-corrected chi connectivity index (χ0v) is 18.8. The molecular formula is C23H32N2O3S. The Kier molecular flexibility index (Phi) is 7.85. The molecule has 29 heavy (non-hydrogen) atoms. The summed E-state index contributed by atoms with van der Waals surface area (Å²) in [7, 11) is -3.62. The first kappa shape index (κ1) is 22.9. The van der Waals surface area contributed by atoms with Gasteiger partial charge in [-0.2, -0.15) is 0 Å². The van der Waals surface area contributed by atoms with Crippen LogP contribution in [0.4, 0.5) is 5.69 Å². The molecule has 0 spiro atoms. The van der Waals surface area contributed by atoms with Gasteiger partial charge in [0, 0.05) is 6.04 Å². The molecule has 2 atom stereocenters. The molecule has 0 aromatic heterocycles. The van der Waals surface area contributed by atoms with Gasteiger partial charge in [0.25, 0.3) is 0 Å². The van der Waals surface area contributed by atoms with Crippen LogP contribution in [0.3, 0.4) is 0 Å². The Labute approximate surface area is 175 Å². The molecule has 5 nitrogen and oxygen atoms in total. The molecule has 2 rings (SSSR count). The standard InChI is InChI=1S/C23H32N2O3S/c1-6-22(23(26)24-19(4)13-14-20-10-8-7-9-11-20)25(29(5,27)28)21-15-12-17(2)18(3)16-21/h7-12,15-16,19,22H,6,13-14H2,1-5H3,(H,24,26)/t19-,22+/m0/s1. The van der Waals surface area contributed by atoms with Crippen LogP contribution in [-0.4, -0.2) is 32.7 Å². The van der Waals surface area contributed by atoms with Gasteiger partial charge in [0.05, 0.1) is 11.9 Å². The molecular weight excluding hydrogens is 384 g/mol. The molecule has 2 aromatic carbocycles. The van der Waals surface area contributed by atoms with Crippen LogP contribution in [0.15, 0.2) is 48.5 Å². The van der Waals surface area contributed by atoms with Crippen LogP contribution in [0.2, 0.25) is 0 Å². The summed E-state index contributed by atoms with van der Waals surface area (Å²) in [4.78, 5) is 13.0. The summed E-state index contributed by atoms with van der Waals surface area (Å²) in [5, 5.41) is 3.00. The van der Waals surface area contributed by atoms with Crippen LogP contribution in [0.1, 0.15) is 43.4 Å². The summed E-state index contributed by atoms with van der Waals surface area (Å²) in [6, 6.07) is 14.7. The maximum Gasteiger partial charge on any atom is 0.244 e. The monoisotopic (exact) mass is 416 g/mol. The molecule has 0 saturated carbocycles. The Morgan fingerprint density at radius 1 is 1.07 bits per heavy atom. The third-order valence-electron chi connectivity index (χ3n) is 5.17. The molecule has 0 bridgehead atoms. The molecule has 0 aliphatic rings. The maximum absolute atomic E-state index is 13.0. The first-order valence-electron chi connectivity index (χ1n) is 10.0. The van der Waals surface area contributed by atoms with Crippen molar-refractivity contribution in [2.75, 3.05) is 10.6 Å². The quantitative estimate of drug-likeness (QED) is 0.672. The lowest BCUT2D eigenvalue weighted by atomic mass is 10.1. The highest BCUT2D eigenvalue weighted by Gasteiger charge is 2.32. The molecule has 1 amide bonds. The van der Waals surface area contributed by atoms with E-state index in [-0.39, 0.29) is 11.9 Å². The Bertz CT molecular complexity index is 926. The third kappa shape index (κ3) is 6.32. The zero-order chi connectivity index (χ0) is 21.6. The summed E-state index contributed by atoms with van der Waals surface area (Å²) in [5.41, 5.74) is 3.81. The molecule has 0 unspecified atom stereocenters. The van der Waals surface area contributed by atoms with Crippen molar-refractivity contribution >= 4 is 21.6 Å². The Balaban J connectivity index is 2.16. The number of benzene rings is 2. The lowest BCUT2D eigenvalue weighted by Crippen LogP contribution is -2.51. The highest BCUT2D eigenvalue weighted by molar-refractivity contribution is 7.92. The lowest BCUT2D eigenvalue weighted by Gasteiger charge is -2.31. The van der Waals surface area contributed by atoms with Crippen molar-refractivity contribution in [3.8, 4) is 0 Å². The second-order valence-corrected chi connectivity index (χ2v) is 9.54. The molecule has 158 valence electrons. The van der Waals surface area contributed by atoms with Gasteiger partial charge < -0.3 is 5.32 Å². The van der Waals surface area contributed by atoms with E-state index in [4.69, 9.17) is 0 Å². The minimum atomic E-state index is -3.62. The normalized spacial score (nSPS) is 13.6. The summed E-state index contributed by atoms with van der Waals surface area (Å²) in [5.74, 6) is -0.267. The highest BCUT2D eigenvalue weighted by atomic mass is 32.2. The van der Waals surface area contributed by atoms with E-state index in [1.165, 1.54) is 9.87 Å². The van der Waals surface area contributed by atoms with Crippen molar-refractivity contribution in [3.05, 3.63) is 65.2 Å². The first-order chi connectivity index (χ1) is 13.6. The number of anilines is 1. The Morgan fingerprint density at radius 2 is 1.72 bits per heavy atom. The number of amides is 1. The minimum Gasteiger partial charge on any atom is -0.352 e. The second-order valence-electron chi connectivity index (χ2n) is 7.69. The molecule has 6 heteroatoms. The summed E-state index contributed by atoms with van der Waals surface area (Å²) < 4.78 is 26.4. The van der Waals surface area contributed by atoms with Crippen molar-refractivity contribution in [2.45, 2.75) is 59.0 Å². The number of carbonyl (C=O) groups excluding carboxylic acids is 1. The number of aryl methyl sites for hydroxylation is 3. The fourth-order valence-corrected chi connectivity index (χ4v) is 4.57. The number of hydrogen-bond acceptors (Lipinski definition) is 3. The molecule has 0 saturated heterocycles. The Morgan fingerprint density at radius 3 is 2.28 bits per heavy atom. The molecule has 0 aliphatic carbocycles. The largest absolute Gasteiger partial charge is 0.352 e. The van der Waals surface area contributed by atoms with E-state index in [0.29, 0.717) is 12.1 Å². The molecule has 2 aromatic rings. The van der Waals surface area contributed by atoms with E-state index in [0.717, 1.165) is 30.2 Å². The predicted molar refractivity (Wildman–Crippen MR) is 120 cm³/mol. The van der Waals surface area contributed by atoms with Gasteiger partial charge in [-0.05, 0) is 68.9 Å². The van der Waals surface area contributed by atoms with Gasteiger partial charge in [-0.1, -0.05) is 43.3 Å². The third-order valence-corrected chi connectivity index (χ3v) is 6.35. The van der Waals surface area contributed by atoms with Gasteiger partial charge in [0.1, 0.15) is 6.04 Å². The van der Waals surface area contributed by atoms with Gasteiger partial charge >= 0.3 is 0 Å². The fourth-order valence-electron chi connectivity index (χ4n) is 3.36. The molecule has 0 fully saturated rings. The minimum absolute atomic E-state index is 0.0575. The number of nitrogens with zero attached hydrogens (tertiary/aromatic N) is 1. The van der Waals surface area contributed by atoms with E-state index < -0.39 is 16.1 Å². The molecule has 0 aliphatic heterocycles. The van der Waals surface area contributed by atoms with Crippen molar-refractivity contribution < 1.29 is 13.2 Å². The highest BCUT2D eigenvalue weighted by Crippen LogP contribution is 2.25. The average Bonchev–Trinajstić information content (AvgIpc) is 2.66. The van der Waals surface area contributed by atoms with Crippen molar-refractivity contribution in [2.24, 2.45) is 0 Å². The molecule has 0 radical (unpaired) electrons. The number of sulfonamides is 1. The maximum atomic E-state index is 13.0. The molecule has 0 heterocycles. The SMILES string of the molecule is CC[C@H](C(=O)N[C@@H](C)CCc1ccccc1)N(c1ccc(C)c(C)c1)S(C)(=O)=O. The van der Waals surface area contributed by atoms with E-state index in [2.05, 4.69) is 17.4 Å². The predicted octanol–water partition coefficient (Wildman–Crippen LogP) is 3.99. The van der Waals surface area contributed by atoms with E-state index in [1.54, 1.807) is 6.07 Å². The van der Waals surface area contributed by atoms with E-state index in [9.17, 15) is 13.2 Å². The summed E-state index contributed by atoms with van der Waals surface area (Å²) >= 11 is 0.